The van der Waals surface area contributed by atoms with Gasteiger partial charge in [0.25, 0.3) is 0 Å². The van der Waals surface area contributed by atoms with Crippen molar-refractivity contribution in [3.8, 4) is 44.8 Å². The molecular formula is C51H40N2. The minimum atomic E-state index is 1.05. The lowest BCUT2D eigenvalue weighted by atomic mass is 9.88. The van der Waals surface area contributed by atoms with Crippen molar-refractivity contribution in [2.45, 2.75) is 33.6 Å². The topological polar surface area (TPSA) is 9.86 Å². The molecule has 0 radical (unpaired) electrons. The third kappa shape index (κ3) is 4.94. The first-order valence-electron chi connectivity index (χ1n) is 18.8. The van der Waals surface area contributed by atoms with E-state index in [2.05, 4.69) is 194 Å². The van der Waals surface area contributed by atoms with Crippen molar-refractivity contribution in [1.29, 1.82) is 0 Å². The zero-order chi connectivity index (χ0) is 35.6. The van der Waals surface area contributed by atoms with Crippen LogP contribution in [0.1, 0.15) is 34.4 Å². The van der Waals surface area contributed by atoms with E-state index in [1.54, 1.807) is 0 Å². The van der Waals surface area contributed by atoms with E-state index in [4.69, 9.17) is 0 Å². The van der Waals surface area contributed by atoms with Crippen LogP contribution in [-0.4, -0.2) is 9.13 Å². The number of aryl methyl sites for hydroxylation is 2. The average Bonchev–Trinajstić information content (AvgIpc) is 3.74. The van der Waals surface area contributed by atoms with E-state index >= 15 is 0 Å². The molecule has 0 fully saturated rings. The standard InChI is InChI=1S/C51H40N2/c1-33-34(2)51-50(35(3)49(33)40-27-29-47-45(31-40)43-24-13-14-25-46(43)52(47)41-21-11-6-12-22-41)44-28-26-39(37-18-9-5-10-19-37)32-48(44)53(51)42-23-15-20-38(30-42)36-16-7-4-8-17-36/h4-13,15-24,26-32H,14,25H2,1-3H3. The maximum atomic E-state index is 2.52. The maximum Gasteiger partial charge on any atom is 0.0575 e. The van der Waals surface area contributed by atoms with Gasteiger partial charge in [0.2, 0.25) is 0 Å². The van der Waals surface area contributed by atoms with Gasteiger partial charge in [-0.3, -0.25) is 0 Å². The number of nitrogens with zero attached hydrogens (tertiary/aromatic N) is 2. The lowest BCUT2D eigenvalue weighted by Gasteiger charge is -2.18. The summed E-state index contributed by atoms with van der Waals surface area (Å²) in [6, 6.07) is 55.6. The Labute approximate surface area is 310 Å². The van der Waals surface area contributed by atoms with Gasteiger partial charge < -0.3 is 9.13 Å². The van der Waals surface area contributed by atoms with Crippen molar-refractivity contribution in [2.24, 2.45) is 0 Å². The molecule has 0 bridgehead atoms. The number of rotatable bonds is 5. The molecule has 53 heavy (non-hydrogen) atoms. The molecule has 1 aliphatic rings. The predicted molar refractivity (Wildman–Crippen MR) is 225 cm³/mol. The highest BCUT2D eigenvalue weighted by molar-refractivity contribution is 6.15. The van der Waals surface area contributed by atoms with E-state index in [1.807, 2.05) is 0 Å². The van der Waals surface area contributed by atoms with Gasteiger partial charge >= 0.3 is 0 Å². The lowest BCUT2D eigenvalue weighted by molar-refractivity contribution is 0.888. The molecule has 9 aromatic rings. The highest BCUT2D eigenvalue weighted by Gasteiger charge is 2.24. The Hall–Kier alpha value is -6.38. The van der Waals surface area contributed by atoms with E-state index in [-0.39, 0.29) is 0 Å². The van der Waals surface area contributed by atoms with E-state index in [0.29, 0.717) is 0 Å². The van der Waals surface area contributed by atoms with Crippen LogP contribution >= 0.6 is 0 Å². The van der Waals surface area contributed by atoms with E-state index in [1.165, 1.54) is 105 Å². The van der Waals surface area contributed by atoms with Gasteiger partial charge in [-0.25, -0.2) is 0 Å². The monoisotopic (exact) mass is 680 g/mol. The Morgan fingerprint density at radius 1 is 0.453 bits per heavy atom. The Balaban J connectivity index is 1.25. The molecule has 10 rings (SSSR count). The zero-order valence-corrected chi connectivity index (χ0v) is 30.4. The van der Waals surface area contributed by atoms with Gasteiger partial charge in [0.1, 0.15) is 0 Å². The second-order valence-corrected chi connectivity index (χ2v) is 14.5. The summed E-state index contributed by atoms with van der Waals surface area (Å²) in [7, 11) is 0. The number of aromatic nitrogens is 2. The lowest BCUT2D eigenvalue weighted by Crippen LogP contribution is -2.02. The Bertz CT molecular complexity index is 2890. The smallest absolute Gasteiger partial charge is 0.0575 e. The van der Waals surface area contributed by atoms with Crippen LogP contribution in [0, 0.1) is 20.8 Å². The molecule has 2 heteroatoms. The molecule has 2 aromatic heterocycles. The van der Waals surface area contributed by atoms with Crippen molar-refractivity contribution < 1.29 is 0 Å². The third-order valence-corrected chi connectivity index (χ3v) is 11.6. The molecule has 0 unspecified atom stereocenters. The molecule has 0 saturated heterocycles. The number of hydrogen-bond donors (Lipinski definition) is 0. The molecule has 1 aliphatic carbocycles. The number of benzene rings is 7. The minimum absolute atomic E-state index is 1.05. The van der Waals surface area contributed by atoms with Gasteiger partial charge in [-0.05, 0) is 126 Å². The van der Waals surface area contributed by atoms with Crippen LogP contribution in [0.25, 0.3) is 83.5 Å². The first kappa shape index (κ1) is 31.4. The second kappa shape index (κ2) is 12.4. The van der Waals surface area contributed by atoms with E-state index < -0.39 is 0 Å². The van der Waals surface area contributed by atoms with Gasteiger partial charge in [0, 0.05) is 38.8 Å². The number of hydrogen-bond acceptors (Lipinski definition) is 0. The SMILES string of the molecule is Cc1c(-c2ccc3c(c2)c2c(n3-c3ccccc3)CCC=C2)c(C)c2c3ccc(-c4ccccc4)cc3n(-c3cccc(-c4ccccc4)c3)c2c1C. The summed E-state index contributed by atoms with van der Waals surface area (Å²) in [6.07, 6.45) is 6.80. The van der Waals surface area contributed by atoms with Crippen LogP contribution in [0.3, 0.4) is 0 Å². The molecule has 0 spiro atoms. The molecule has 2 heterocycles. The molecular weight excluding hydrogens is 641 g/mol. The maximum absolute atomic E-state index is 2.52. The molecule has 0 N–H and O–H groups in total. The van der Waals surface area contributed by atoms with E-state index in [0.717, 1.165) is 12.8 Å². The Kier molecular flexibility index (Phi) is 7.33. The summed E-state index contributed by atoms with van der Waals surface area (Å²) in [5.41, 5.74) is 20.4. The fourth-order valence-corrected chi connectivity index (χ4v) is 9.01. The summed E-state index contributed by atoms with van der Waals surface area (Å²) in [6.45, 7) is 6.99. The normalized spacial score (nSPS) is 12.6. The van der Waals surface area contributed by atoms with Crippen molar-refractivity contribution in [3.63, 3.8) is 0 Å². The fraction of sp³-hybridized carbons (Fsp3) is 0.0980. The second-order valence-electron chi connectivity index (χ2n) is 14.5. The van der Waals surface area contributed by atoms with Crippen molar-refractivity contribution >= 4 is 38.8 Å². The van der Waals surface area contributed by atoms with Gasteiger partial charge in [0.15, 0.2) is 0 Å². The molecule has 7 aromatic carbocycles. The van der Waals surface area contributed by atoms with Crippen molar-refractivity contribution in [1.82, 2.24) is 9.13 Å². The quantitative estimate of drug-likeness (QED) is 0.171. The van der Waals surface area contributed by atoms with Crippen LogP contribution in [0.5, 0.6) is 0 Å². The summed E-state index contributed by atoms with van der Waals surface area (Å²) in [5.74, 6) is 0. The molecule has 0 atom stereocenters. The van der Waals surface area contributed by atoms with Crippen LogP contribution in [-0.2, 0) is 6.42 Å². The zero-order valence-electron chi connectivity index (χ0n) is 30.4. The molecule has 0 amide bonds. The number of allylic oxidation sites excluding steroid dienone is 1. The number of para-hydroxylation sites is 1. The molecule has 0 saturated carbocycles. The summed E-state index contributed by atoms with van der Waals surface area (Å²) in [4.78, 5) is 0. The predicted octanol–water partition coefficient (Wildman–Crippen LogP) is 13.6. The highest BCUT2D eigenvalue weighted by Crippen LogP contribution is 2.45. The van der Waals surface area contributed by atoms with Crippen LogP contribution < -0.4 is 0 Å². The molecule has 254 valence electrons. The summed E-state index contributed by atoms with van der Waals surface area (Å²) >= 11 is 0. The first-order valence-corrected chi connectivity index (χ1v) is 18.8. The van der Waals surface area contributed by atoms with Gasteiger partial charge in [-0.2, -0.15) is 0 Å². The van der Waals surface area contributed by atoms with Crippen LogP contribution in [0.15, 0.2) is 158 Å². The highest BCUT2D eigenvalue weighted by atomic mass is 15.0. The third-order valence-electron chi connectivity index (χ3n) is 11.6. The fourth-order valence-electron chi connectivity index (χ4n) is 9.01. The molecule has 2 nitrogen and oxygen atoms in total. The van der Waals surface area contributed by atoms with E-state index in [9.17, 15) is 0 Å². The van der Waals surface area contributed by atoms with Crippen molar-refractivity contribution in [3.05, 3.63) is 186 Å². The summed E-state index contributed by atoms with van der Waals surface area (Å²) in [5, 5.41) is 3.93. The summed E-state index contributed by atoms with van der Waals surface area (Å²) < 4.78 is 5.00. The van der Waals surface area contributed by atoms with Crippen molar-refractivity contribution in [2.75, 3.05) is 0 Å². The Morgan fingerprint density at radius 2 is 1.09 bits per heavy atom. The largest absolute Gasteiger partial charge is 0.313 e. The van der Waals surface area contributed by atoms with Gasteiger partial charge in [-0.1, -0.05) is 121 Å². The first-order chi connectivity index (χ1) is 26.1. The van der Waals surface area contributed by atoms with Crippen LogP contribution in [0.2, 0.25) is 0 Å². The number of fused-ring (bicyclic) bond motifs is 6. The van der Waals surface area contributed by atoms with Crippen LogP contribution in [0.4, 0.5) is 0 Å². The Morgan fingerprint density at radius 3 is 1.83 bits per heavy atom. The van der Waals surface area contributed by atoms with Gasteiger partial charge in [0.05, 0.1) is 16.6 Å². The minimum Gasteiger partial charge on any atom is -0.313 e. The van der Waals surface area contributed by atoms with Gasteiger partial charge in [-0.15, -0.1) is 0 Å². The molecule has 0 aliphatic heterocycles. The average molecular weight is 681 g/mol.